The Kier molecular flexibility index (Phi) is 4.31. The van der Waals surface area contributed by atoms with Crippen LogP contribution in [0.25, 0.3) is 0 Å². The molecule has 16 heavy (non-hydrogen) atoms. The normalized spacial score (nSPS) is 12.2. The third-order valence-electron chi connectivity index (χ3n) is 2.40. The number of primary amides is 1. The number of ether oxygens (including phenoxy) is 1. The fraction of sp³-hybridized carbons (Fsp3) is 0.417. The highest BCUT2D eigenvalue weighted by Gasteiger charge is 2.14. The minimum Gasteiger partial charge on any atom is -0.480 e. The molecular formula is C12H18N2O2. The lowest BCUT2D eigenvalue weighted by molar-refractivity contribution is -0.124. The molecule has 1 unspecified atom stereocenters. The highest BCUT2D eigenvalue weighted by Crippen LogP contribution is 2.24. The van der Waals surface area contributed by atoms with Crippen LogP contribution in [0, 0.1) is 6.92 Å². The standard InChI is InChI=1S/C12H18N2O2/c1-8-4-3-5-10(6-7-13)11(8)16-9(2)12(14)15/h3-5,9H,6-7,13H2,1-2H3,(H2,14,15). The van der Waals surface area contributed by atoms with Crippen LogP contribution in [0.5, 0.6) is 5.75 Å². The van der Waals surface area contributed by atoms with Gasteiger partial charge in [-0.2, -0.15) is 0 Å². The van der Waals surface area contributed by atoms with Crippen molar-refractivity contribution in [3.63, 3.8) is 0 Å². The lowest BCUT2D eigenvalue weighted by atomic mass is 10.1. The summed E-state index contributed by atoms with van der Waals surface area (Å²) < 4.78 is 5.56. The van der Waals surface area contributed by atoms with Gasteiger partial charge in [0.15, 0.2) is 6.10 Å². The lowest BCUT2D eigenvalue weighted by Crippen LogP contribution is -2.31. The van der Waals surface area contributed by atoms with E-state index in [4.69, 9.17) is 16.2 Å². The second-order valence-electron chi connectivity index (χ2n) is 3.76. The number of hydrogen-bond donors (Lipinski definition) is 2. The van der Waals surface area contributed by atoms with Crippen molar-refractivity contribution in [3.05, 3.63) is 29.3 Å². The van der Waals surface area contributed by atoms with E-state index in [2.05, 4.69) is 0 Å². The predicted molar refractivity (Wildman–Crippen MR) is 63.2 cm³/mol. The summed E-state index contributed by atoms with van der Waals surface area (Å²) in [4.78, 5) is 11.0. The van der Waals surface area contributed by atoms with Crippen molar-refractivity contribution >= 4 is 5.91 Å². The van der Waals surface area contributed by atoms with Crippen molar-refractivity contribution in [1.82, 2.24) is 0 Å². The Hall–Kier alpha value is -1.55. The molecule has 0 aliphatic rings. The number of carbonyl (C=O) groups is 1. The number of nitrogens with two attached hydrogens (primary N) is 2. The van der Waals surface area contributed by atoms with Crippen LogP contribution in [-0.2, 0) is 11.2 Å². The predicted octanol–water partition coefficient (Wildman–Crippen LogP) is 0.749. The third-order valence-corrected chi connectivity index (χ3v) is 2.40. The summed E-state index contributed by atoms with van der Waals surface area (Å²) >= 11 is 0. The van der Waals surface area contributed by atoms with Crippen molar-refractivity contribution in [2.24, 2.45) is 11.5 Å². The van der Waals surface area contributed by atoms with E-state index in [-0.39, 0.29) is 0 Å². The monoisotopic (exact) mass is 222 g/mol. The first kappa shape index (κ1) is 12.5. The number of hydrogen-bond acceptors (Lipinski definition) is 3. The summed E-state index contributed by atoms with van der Waals surface area (Å²) in [6, 6.07) is 5.83. The lowest BCUT2D eigenvalue weighted by Gasteiger charge is -2.17. The minimum atomic E-state index is -0.627. The van der Waals surface area contributed by atoms with Gasteiger partial charge in [0.05, 0.1) is 0 Å². The van der Waals surface area contributed by atoms with E-state index in [1.807, 2.05) is 25.1 Å². The Labute approximate surface area is 95.6 Å². The molecule has 0 saturated carbocycles. The van der Waals surface area contributed by atoms with Crippen molar-refractivity contribution in [3.8, 4) is 5.75 Å². The highest BCUT2D eigenvalue weighted by molar-refractivity contribution is 5.78. The van der Waals surface area contributed by atoms with E-state index in [0.29, 0.717) is 6.54 Å². The van der Waals surface area contributed by atoms with Gasteiger partial charge in [0, 0.05) is 0 Å². The molecule has 1 rings (SSSR count). The van der Waals surface area contributed by atoms with Crippen LogP contribution in [-0.4, -0.2) is 18.6 Å². The molecule has 0 aromatic heterocycles. The van der Waals surface area contributed by atoms with Gasteiger partial charge in [-0.3, -0.25) is 4.79 Å². The topological polar surface area (TPSA) is 78.3 Å². The van der Waals surface area contributed by atoms with Crippen molar-refractivity contribution < 1.29 is 9.53 Å². The maximum Gasteiger partial charge on any atom is 0.258 e. The van der Waals surface area contributed by atoms with Gasteiger partial charge < -0.3 is 16.2 Å². The molecule has 0 spiro atoms. The molecule has 1 amide bonds. The van der Waals surface area contributed by atoms with Crippen molar-refractivity contribution in [2.75, 3.05) is 6.54 Å². The zero-order valence-electron chi connectivity index (χ0n) is 9.69. The van der Waals surface area contributed by atoms with Crippen LogP contribution in [0.4, 0.5) is 0 Å². The molecule has 1 aromatic rings. The van der Waals surface area contributed by atoms with Crippen LogP contribution in [0.2, 0.25) is 0 Å². The van der Waals surface area contributed by atoms with Crippen LogP contribution in [0.1, 0.15) is 18.1 Å². The van der Waals surface area contributed by atoms with E-state index >= 15 is 0 Å². The molecule has 1 atom stereocenters. The quantitative estimate of drug-likeness (QED) is 0.771. The number of benzene rings is 1. The highest BCUT2D eigenvalue weighted by atomic mass is 16.5. The van der Waals surface area contributed by atoms with E-state index in [0.717, 1.165) is 23.3 Å². The summed E-state index contributed by atoms with van der Waals surface area (Å²) in [5, 5.41) is 0. The minimum absolute atomic E-state index is 0.470. The van der Waals surface area contributed by atoms with Crippen LogP contribution in [0.15, 0.2) is 18.2 Å². The molecule has 4 heteroatoms. The fourth-order valence-electron chi connectivity index (χ4n) is 1.47. The molecule has 0 aliphatic carbocycles. The molecule has 0 aliphatic heterocycles. The van der Waals surface area contributed by atoms with Gasteiger partial charge in [0.25, 0.3) is 5.91 Å². The number of aryl methyl sites for hydroxylation is 1. The van der Waals surface area contributed by atoms with Gasteiger partial charge in [0.1, 0.15) is 5.75 Å². The summed E-state index contributed by atoms with van der Waals surface area (Å²) in [6.45, 7) is 4.12. The average Bonchev–Trinajstić information content (AvgIpc) is 2.23. The molecule has 0 radical (unpaired) electrons. The van der Waals surface area contributed by atoms with Gasteiger partial charge in [-0.1, -0.05) is 18.2 Å². The Balaban J connectivity index is 2.96. The second kappa shape index (κ2) is 5.51. The maximum atomic E-state index is 11.0. The molecule has 0 saturated heterocycles. The van der Waals surface area contributed by atoms with Crippen molar-refractivity contribution in [2.45, 2.75) is 26.4 Å². The van der Waals surface area contributed by atoms with E-state index in [9.17, 15) is 4.79 Å². The molecular weight excluding hydrogens is 204 g/mol. The number of rotatable bonds is 5. The van der Waals surface area contributed by atoms with Gasteiger partial charge in [-0.05, 0) is 37.9 Å². The first-order valence-electron chi connectivity index (χ1n) is 5.30. The summed E-state index contributed by atoms with van der Waals surface area (Å²) in [5.74, 6) is 0.251. The SMILES string of the molecule is Cc1cccc(CCN)c1OC(C)C(N)=O. The van der Waals surface area contributed by atoms with Gasteiger partial charge in [0.2, 0.25) is 0 Å². The molecule has 0 bridgehead atoms. The summed E-state index contributed by atoms with van der Waals surface area (Å²) in [5.41, 5.74) is 12.7. The molecule has 4 nitrogen and oxygen atoms in total. The Morgan fingerprint density at radius 1 is 1.50 bits per heavy atom. The fourth-order valence-corrected chi connectivity index (χ4v) is 1.47. The third kappa shape index (κ3) is 2.97. The second-order valence-corrected chi connectivity index (χ2v) is 3.76. The molecule has 1 aromatic carbocycles. The first-order valence-corrected chi connectivity index (χ1v) is 5.30. The van der Waals surface area contributed by atoms with Gasteiger partial charge in [-0.15, -0.1) is 0 Å². The van der Waals surface area contributed by atoms with Crippen LogP contribution < -0.4 is 16.2 Å². The smallest absolute Gasteiger partial charge is 0.258 e. The summed E-state index contributed by atoms with van der Waals surface area (Å²) in [7, 11) is 0. The van der Waals surface area contributed by atoms with E-state index in [1.165, 1.54) is 0 Å². The first-order chi connectivity index (χ1) is 7.56. The average molecular weight is 222 g/mol. The molecule has 0 fully saturated rings. The number of carbonyl (C=O) groups excluding carboxylic acids is 1. The summed E-state index contributed by atoms with van der Waals surface area (Å²) in [6.07, 6.45) is 0.0975. The zero-order chi connectivity index (χ0) is 12.1. The zero-order valence-corrected chi connectivity index (χ0v) is 9.69. The molecule has 0 heterocycles. The maximum absolute atomic E-state index is 11.0. The van der Waals surface area contributed by atoms with Crippen LogP contribution >= 0.6 is 0 Å². The molecule has 4 N–H and O–H groups in total. The largest absolute Gasteiger partial charge is 0.480 e. The van der Waals surface area contributed by atoms with E-state index in [1.54, 1.807) is 6.92 Å². The number of amides is 1. The van der Waals surface area contributed by atoms with E-state index < -0.39 is 12.0 Å². The van der Waals surface area contributed by atoms with Crippen molar-refractivity contribution in [1.29, 1.82) is 0 Å². The molecule has 88 valence electrons. The Morgan fingerprint density at radius 3 is 2.75 bits per heavy atom. The van der Waals surface area contributed by atoms with Gasteiger partial charge >= 0.3 is 0 Å². The Bertz CT molecular complexity index is 377. The number of para-hydroxylation sites is 1. The Morgan fingerprint density at radius 2 is 2.19 bits per heavy atom. The van der Waals surface area contributed by atoms with Gasteiger partial charge in [-0.25, -0.2) is 0 Å². The van der Waals surface area contributed by atoms with Crippen LogP contribution in [0.3, 0.4) is 0 Å².